The number of rotatable bonds is 7. The van der Waals surface area contributed by atoms with E-state index in [-0.39, 0.29) is 0 Å². The van der Waals surface area contributed by atoms with Crippen molar-refractivity contribution in [1.29, 1.82) is 0 Å². The van der Waals surface area contributed by atoms with Crippen LogP contribution in [0.5, 0.6) is 5.75 Å². The number of nitrogens with one attached hydrogen (secondary N) is 2. The second-order valence-corrected chi connectivity index (χ2v) is 6.19. The molecule has 0 amide bonds. The molecule has 0 spiro atoms. The summed E-state index contributed by atoms with van der Waals surface area (Å²) in [6.45, 7) is 3.63. The lowest BCUT2D eigenvalue weighted by Gasteiger charge is -2.13. The number of methoxy groups -OCH3 is 1. The van der Waals surface area contributed by atoms with Gasteiger partial charge in [0.05, 0.1) is 12.1 Å². The molecule has 0 aliphatic heterocycles. The van der Waals surface area contributed by atoms with Crippen LogP contribution in [0.1, 0.15) is 22.4 Å². The predicted molar refractivity (Wildman–Crippen MR) is 96.4 cm³/mol. The minimum atomic E-state index is 0.668. The third-order valence-corrected chi connectivity index (χ3v) is 4.65. The lowest BCUT2D eigenvalue weighted by Crippen LogP contribution is -2.37. The fourth-order valence-corrected chi connectivity index (χ4v) is 3.03. The van der Waals surface area contributed by atoms with Crippen LogP contribution in [0.3, 0.4) is 0 Å². The molecule has 1 heterocycles. The van der Waals surface area contributed by atoms with Gasteiger partial charge in [-0.1, -0.05) is 25.1 Å². The zero-order valence-corrected chi connectivity index (χ0v) is 14.7. The maximum absolute atomic E-state index is 5.36. The lowest BCUT2D eigenvalue weighted by molar-refractivity contribution is 0.409. The van der Waals surface area contributed by atoms with Crippen LogP contribution in [-0.4, -0.2) is 31.6 Å². The first-order valence-electron chi connectivity index (χ1n) is 7.76. The number of ether oxygens (including phenoxy) is 1. The number of para-hydroxylation sites is 1. The molecule has 23 heavy (non-hydrogen) atoms. The fourth-order valence-electron chi connectivity index (χ4n) is 2.16. The van der Waals surface area contributed by atoms with Gasteiger partial charge in [0.15, 0.2) is 5.96 Å². The number of hydrogen-bond donors (Lipinski definition) is 2. The summed E-state index contributed by atoms with van der Waals surface area (Å²) in [6, 6.07) is 7.97. The van der Waals surface area contributed by atoms with Gasteiger partial charge in [0.25, 0.3) is 0 Å². The van der Waals surface area contributed by atoms with Crippen LogP contribution in [0.15, 0.2) is 35.5 Å². The Labute approximate surface area is 141 Å². The van der Waals surface area contributed by atoms with Crippen molar-refractivity contribution in [3.8, 4) is 5.75 Å². The molecule has 0 atom stereocenters. The molecule has 0 saturated carbocycles. The standard InChI is InChI=1S/C17H24N4OS/c1-4-14-12-20-16(23-14)9-10-19-17(18-2)21-11-13-7-5-6-8-15(13)22-3/h5-8,12H,4,9-11H2,1-3H3,(H2,18,19,21). The van der Waals surface area contributed by atoms with Crippen LogP contribution in [0.2, 0.25) is 0 Å². The first kappa shape index (κ1) is 17.3. The molecule has 5 nitrogen and oxygen atoms in total. The summed E-state index contributed by atoms with van der Waals surface area (Å²) in [5.41, 5.74) is 1.10. The molecule has 2 aromatic rings. The van der Waals surface area contributed by atoms with E-state index < -0.39 is 0 Å². The van der Waals surface area contributed by atoms with Crippen LogP contribution < -0.4 is 15.4 Å². The largest absolute Gasteiger partial charge is 0.496 e. The Morgan fingerprint density at radius 2 is 2.13 bits per heavy atom. The third-order valence-electron chi connectivity index (χ3n) is 3.44. The molecule has 0 unspecified atom stereocenters. The summed E-state index contributed by atoms with van der Waals surface area (Å²) in [6.07, 6.45) is 3.92. The predicted octanol–water partition coefficient (Wildman–Crippen LogP) is 2.62. The molecular formula is C17H24N4OS. The minimum absolute atomic E-state index is 0.668. The molecule has 0 saturated heterocycles. The van der Waals surface area contributed by atoms with Gasteiger partial charge in [0.2, 0.25) is 0 Å². The van der Waals surface area contributed by atoms with E-state index in [2.05, 4.69) is 27.5 Å². The van der Waals surface area contributed by atoms with Crippen molar-refractivity contribution in [3.63, 3.8) is 0 Å². The van der Waals surface area contributed by atoms with Crippen molar-refractivity contribution in [1.82, 2.24) is 15.6 Å². The van der Waals surface area contributed by atoms with Gasteiger partial charge in [-0.15, -0.1) is 11.3 Å². The smallest absolute Gasteiger partial charge is 0.191 e. The molecule has 0 bridgehead atoms. The first-order valence-corrected chi connectivity index (χ1v) is 8.58. The average molecular weight is 332 g/mol. The van der Waals surface area contributed by atoms with Gasteiger partial charge in [-0.2, -0.15) is 0 Å². The van der Waals surface area contributed by atoms with Gasteiger partial charge in [0.1, 0.15) is 5.75 Å². The molecule has 1 aromatic carbocycles. The molecule has 0 radical (unpaired) electrons. The summed E-state index contributed by atoms with van der Waals surface area (Å²) in [4.78, 5) is 10.0. The van der Waals surface area contributed by atoms with Gasteiger partial charge in [-0.25, -0.2) is 4.98 Å². The van der Waals surface area contributed by atoms with Crippen LogP contribution in [0.4, 0.5) is 0 Å². The highest BCUT2D eigenvalue weighted by Gasteiger charge is 2.04. The normalized spacial score (nSPS) is 11.3. The lowest BCUT2D eigenvalue weighted by atomic mass is 10.2. The fraction of sp³-hybridized carbons (Fsp3) is 0.412. The number of benzene rings is 1. The summed E-state index contributed by atoms with van der Waals surface area (Å²) in [5.74, 6) is 1.66. The quantitative estimate of drug-likeness (QED) is 0.604. The maximum Gasteiger partial charge on any atom is 0.191 e. The van der Waals surface area contributed by atoms with Gasteiger partial charge >= 0.3 is 0 Å². The maximum atomic E-state index is 5.36. The van der Waals surface area contributed by atoms with E-state index in [0.717, 1.165) is 41.7 Å². The Morgan fingerprint density at radius 3 is 2.83 bits per heavy atom. The van der Waals surface area contributed by atoms with Gasteiger partial charge in [-0.05, 0) is 12.5 Å². The Morgan fingerprint density at radius 1 is 1.30 bits per heavy atom. The van der Waals surface area contributed by atoms with Crippen molar-refractivity contribution < 1.29 is 4.74 Å². The van der Waals surface area contributed by atoms with E-state index >= 15 is 0 Å². The van der Waals surface area contributed by atoms with Crippen molar-refractivity contribution in [3.05, 3.63) is 45.9 Å². The molecule has 2 N–H and O–H groups in total. The first-order chi connectivity index (χ1) is 11.3. The SMILES string of the molecule is CCc1cnc(CCNC(=NC)NCc2ccccc2OC)s1. The molecule has 1 aromatic heterocycles. The van der Waals surface area contributed by atoms with Crippen molar-refractivity contribution in [2.75, 3.05) is 20.7 Å². The van der Waals surface area contributed by atoms with E-state index in [1.165, 1.54) is 4.88 Å². The second kappa shape index (κ2) is 9.15. The highest BCUT2D eigenvalue weighted by Crippen LogP contribution is 2.16. The number of aryl methyl sites for hydroxylation is 1. The molecule has 0 fully saturated rings. The van der Waals surface area contributed by atoms with Crippen LogP contribution >= 0.6 is 11.3 Å². The van der Waals surface area contributed by atoms with Crippen LogP contribution in [0, 0.1) is 0 Å². The van der Waals surface area contributed by atoms with Crippen LogP contribution in [0.25, 0.3) is 0 Å². The minimum Gasteiger partial charge on any atom is -0.496 e. The number of hydrogen-bond acceptors (Lipinski definition) is 4. The summed E-state index contributed by atoms with van der Waals surface area (Å²) >= 11 is 1.78. The Hall–Kier alpha value is -2.08. The number of aromatic nitrogens is 1. The zero-order chi connectivity index (χ0) is 16.5. The third kappa shape index (κ3) is 5.25. The molecule has 2 rings (SSSR count). The molecule has 6 heteroatoms. The Kier molecular flexibility index (Phi) is 6.87. The van der Waals surface area contributed by atoms with Crippen molar-refractivity contribution in [2.24, 2.45) is 4.99 Å². The van der Waals surface area contributed by atoms with E-state index in [1.807, 2.05) is 30.5 Å². The van der Waals surface area contributed by atoms with E-state index in [4.69, 9.17) is 4.74 Å². The zero-order valence-electron chi connectivity index (χ0n) is 13.9. The van der Waals surface area contributed by atoms with Gasteiger partial charge in [-0.3, -0.25) is 4.99 Å². The average Bonchev–Trinajstić information content (AvgIpc) is 3.06. The van der Waals surface area contributed by atoms with Crippen molar-refractivity contribution in [2.45, 2.75) is 26.3 Å². The second-order valence-electron chi connectivity index (χ2n) is 4.99. The Balaban J connectivity index is 1.79. The molecular weight excluding hydrogens is 308 g/mol. The highest BCUT2D eigenvalue weighted by atomic mass is 32.1. The van der Waals surface area contributed by atoms with Crippen LogP contribution in [-0.2, 0) is 19.4 Å². The van der Waals surface area contributed by atoms with Gasteiger partial charge < -0.3 is 15.4 Å². The van der Waals surface area contributed by atoms with E-state index in [0.29, 0.717) is 6.54 Å². The molecule has 0 aliphatic rings. The summed E-state index contributed by atoms with van der Waals surface area (Å²) < 4.78 is 5.36. The molecule has 124 valence electrons. The Bertz CT molecular complexity index is 639. The van der Waals surface area contributed by atoms with E-state index in [1.54, 1.807) is 25.5 Å². The number of aliphatic imine (C=N–C) groups is 1. The number of guanidine groups is 1. The monoisotopic (exact) mass is 332 g/mol. The number of nitrogens with zero attached hydrogens (tertiary/aromatic N) is 2. The van der Waals surface area contributed by atoms with Crippen molar-refractivity contribution >= 4 is 17.3 Å². The molecule has 0 aliphatic carbocycles. The number of thiazole rings is 1. The van der Waals surface area contributed by atoms with E-state index in [9.17, 15) is 0 Å². The summed E-state index contributed by atoms with van der Waals surface area (Å²) in [7, 11) is 3.46. The highest BCUT2D eigenvalue weighted by molar-refractivity contribution is 7.11. The van der Waals surface area contributed by atoms with Gasteiger partial charge in [0, 0.05) is 43.2 Å². The summed E-state index contributed by atoms with van der Waals surface area (Å²) in [5, 5.41) is 7.78. The topological polar surface area (TPSA) is 58.5 Å².